The Morgan fingerprint density at radius 2 is 2.19 bits per heavy atom. The molecule has 1 heterocycles. The van der Waals surface area contributed by atoms with Crippen molar-refractivity contribution < 1.29 is 0 Å². The highest BCUT2D eigenvalue weighted by Crippen LogP contribution is 2.35. The molecular formula is C11H17Cl2NS2. The normalized spacial score (nSPS) is 15.1. The molecule has 0 fully saturated rings. The van der Waals surface area contributed by atoms with E-state index in [1.165, 1.54) is 11.3 Å². The fourth-order valence-electron chi connectivity index (χ4n) is 1.58. The van der Waals surface area contributed by atoms with Gasteiger partial charge < -0.3 is 5.32 Å². The van der Waals surface area contributed by atoms with Crippen LogP contribution in [0.2, 0.25) is 8.67 Å². The second kappa shape index (κ2) is 7.12. The Morgan fingerprint density at radius 1 is 1.50 bits per heavy atom. The van der Waals surface area contributed by atoms with Crippen molar-refractivity contribution in [3.63, 3.8) is 0 Å². The molecule has 0 aliphatic rings. The van der Waals surface area contributed by atoms with Crippen LogP contribution in [-0.4, -0.2) is 18.1 Å². The Labute approximate surface area is 116 Å². The minimum atomic E-state index is 0.258. The van der Waals surface area contributed by atoms with Crippen LogP contribution in [0.3, 0.4) is 0 Å². The molecule has 2 atom stereocenters. The zero-order valence-corrected chi connectivity index (χ0v) is 12.9. The largest absolute Gasteiger partial charge is 0.307 e. The first kappa shape index (κ1) is 14.7. The molecule has 1 nitrogen and oxygen atoms in total. The van der Waals surface area contributed by atoms with Crippen molar-refractivity contribution in [1.29, 1.82) is 0 Å². The van der Waals surface area contributed by atoms with E-state index in [2.05, 4.69) is 25.4 Å². The van der Waals surface area contributed by atoms with Gasteiger partial charge in [-0.1, -0.05) is 30.1 Å². The third-order valence-electron chi connectivity index (χ3n) is 2.50. The van der Waals surface area contributed by atoms with Gasteiger partial charge in [-0.2, -0.15) is 11.8 Å². The predicted octanol–water partition coefficient (Wildman–Crippen LogP) is 4.85. The lowest BCUT2D eigenvalue weighted by molar-refractivity contribution is 0.476. The molecule has 0 bridgehead atoms. The lowest BCUT2D eigenvalue weighted by atomic mass is 10.1. The zero-order valence-electron chi connectivity index (χ0n) is 9.72. The number of halogens is 2. The molecule has 1 aromatic heterocycles. The van der Waals surface area contributed by atoms with Gasteiger partial charge in [-0.15, -0.1) is 11.3 Å². The Hall–Kier alpha value is 0.590. The smallest absolute Gasteiger partial charge is 0.0991 e. The summed E-state index contributed by atoms with van der Waals surface area (Å²) in [6.45, 7) is 4.33. The summed E-state index contributed by atoms with van der Waals surface area (Å²) in [6.07, 6.45) is 3.25. The third-order valence-corrected chi connectivity index (χ3v) is 4.75. The van der Waals surface area contributed by atoms with Crippen molar-refractivity contribution in [2.24, 2.45) is 0 Å². The summed E-state index contributed by atoms with van der Waals surface area (Å²) in [4.78, 5) is 0. The molecule has 5 heteroatoms. The van der Waals surface area contributed by atoms with Crippen LogP contribution in [0.5, 0.6) is 0 Å². The van der Waals surface area contributed by atoms with Gasteiger partial charge in [-0.3, -0.25) is 0 Å². The molecule has 2 unspecified atom stereocenters. The predicted molar refractivity (Wildman–Crippen MR) is 78.4 cm³/mol. The minimum Gasteiger partial charge on any atom is -0.307 e. The second-order valence-electron chi connectivity index (χ2n) is 3.73. The summed E-state index contributed by atoms with van der Waals surface area (Å²) in [7, 11) is 0. The Bertz CT molecular complexity index is 328. The van der Waals surface area contributed by atoms with Gasteiger partial charge in [0.25, 0.3) is 0 Å². The van der Waals surface area contributed by atoms with Gasteiger partial charge in [0.05, 0.1) is 8.67 Å². The van der Waals surface area contributed by atoms with Gasteiger partial charge >= 0.3 is 0 Å². The molecule has 0 spiro atoms. The molecule has 0 saturated heterocycles. The zero-order chi connectivity index (χ0) is 12.1. The first-order chi connectivity index (χ1) is 7.58. The average Bonchev–Trinajstić information content (AvgIpc) is 2.57. The summed E-state index contributed by atoms with van der Waals surface area (Å²) < 4.78 is 1.55. The summed E-state index contributed by atoms with van der Waals surface area (Å²) in [6, 6.07) is 2.74. The van der Waals surface area contributed by atoms with Crippen LogP contribution in [0, 0.1) is 0 Å². The molecule has 1 N–H and O–H groups in total. The maximum atomic E-state index is 6.13. The molecule has 92 valence electrons. The summed E-state index contributed by atoms with van der Waals surface area (Å²) >= 11 is 15.4. The van der Waals surface area contributed by atoms with E-state index < -0.39 is 0 Å². The summed E-state index contributed by atoms with van der Waals surface area (Å²) in [5.41, 5.74) is 1.11. The van der Waals surface area contributed by atoms with E-state index in [-0.39, 0.29) is 6.04 Å². The second-order valence-corrected chi connectivity index (χ2v) is 6.92. The lowest BCUT2D eigenvalue weighted by Crippen LogP contribution is -2.32. The highest BCUT2D eigenvalue weighted by molar-refractivity contribution is 7.98. The summed E-state index contributed by atoms with van der Waals surface area (Å²) in [5, 5.41) is 3.58. The van der Waals surface area contributed by atoms with Crippen molar-refractivity contribution in [3.8, 4) is 0 Å². The van der Waals surface area contributed by atoms with E-state index in [0.717, 1.165) is 26.4 Å². The van der Waals surface area contributed by atoms with Gasteiger partial charge in [-0.25, -0.2) is 0 Å². The number of nitrogens with one attached hydrogen (secondary N) is 1. The molecule has 1 rings (SSSR count). The van der Waals surface area contributed by atoms with Crippen molar-refractivity contribution in [1.82, 2.24) is 5.32 Å². The standard InChI is InChI=1S/C11H17Cl2NS2/c1-4-8(6-15-3)14-7(2)9-5-10(12)16-11(9)13/h5,7-8,14H,4,6H2,1-3H3. The van der Waals surface area contributed by atoms with E-state index in [4.69, 9.17) is 23.2 Å². The number of hydrogen-bond donors (Lipinski definition) is 1. The first-order valence-electron chi connectivity index (χ1n) is 5.28. The topological polar surface area (TPSA) is 12.0 Å². The molecule has 0 amide bonds. The fourth-order valence-corrected chi connectivity index (χ4v) is 3.96. The summed E-state index contributed by atoms with van der Waals surface area (Å²) in [5.74, 6) is 1.12. The van der Waals surface area contributed by atoms with E-state index in [0.29, 0.717) is 6.04 Å². The van der Waals surface area contributed by atoms with Crippen molar-refractivity contribution in [3.05, 3.63) is 20.3 Å². The third kappa shape index (κ3) is 4.11. The molecule has 0 aromatic carbocycles. The quantitative estimate of drug-likeness (QED) is 0.806. The van der Waals surface area contributed by atoms with Gasteiger partial charge in [0.1, 0.15) is 0 Å². The molecule has 0 aliphatic heterocycles. The van der Waals surface area contributed by atoms with Gasteiger partial charge in [-0.05, 0) is 31.2 Å². The van der Waals surface area contributed by atoms with Crippen molar-refractivity contribution >= 4 is 46.3 Å². The monoisotopic (exact) mass is 297 g/mol. The highest BCUT2D eigenvalue weighted by Gasteiger charge is 2.16. The number of thiophene rings is 1. The minimum absolute atomic E-state index is 0.258. The van der Waals surface area contributed by atoms with E-state index in [1.54, 1.807) is 0 Å². The van der Waals surface area contributed by atoms with Crippen molar-refractivity contribution in [2.75, 3.05) is 12.0 Å². The SMILES string of the molecule is CCC(CSC)NC(C)c1cc(Cl)sc1Cl. The van der Waals surface area contributed by atoms with Crippen LogP contribution in [0.1, 0.15) is 31.9 Å². The Balaban J connectivity index is 2.63. The first-order valence-corrected chi connectivity index (χ1v) is 8.24. The molecule has 0 saturated carbocycles. The fraction of sp³-hybridized carbons (Fsp3) is 0.636. The van der Waals surface area contributed by atoms with Crippen LogP contribution in [0.4, 0.5) is 0 Å². The van der Waals surface area contributed by atoms with Crippen LogP contribution in [0.15, 0.2) is 6.07 Å². The molecule has 0 aliphatic carbocycles. The lowest BCUT2D eigenvalue weighted by Gasteiger charge is -2.21. The molecule has 0 radical (unpaired) electrons. The number of hydrogen-bond acceptors (Lipinski definition) is 3. The maximum Gasteiger partial charge on any atom is 0.0991 e. The van der Waals surface area contributed by atoms with E-state index >= 15 is 0 Å². The number of thioether (sulfide) groups is 1. The Kier molecular flexibility index (Phi) is 6.52. The molecule has 16 heavy (non-hydrogen) atoms. The van der Waals surface area contributed by atoms with E-state index in [1.807, 2.05) is 17.8 Å². The number of rotatable bonds is 6. The molecular weight excluding hydrogens is 281 g/mol. The van der Waals surface area contributed by atoms with Crippen LogP contribution in [-0.2, 0) is 0 Å². The maximum absolute atomic E-state index is 6.13. The van der Waals surface area contributed by atoms with Gasteiger partial charge in [0.15, 0.2) is 0 Å². The van der Waals surface area contributed by atoms with E-state index in [9.17, 15) is 0 Å². The van der Waals surface area contributed by atoms with Crippen LogP contribution < -0.4 is 5.32 Å². The van der Waals surface area contributed by atoms with Crippen LogP contribution >= 0.6 is 46.3 Å². The highest BCUT2D eigenvalue weighted by atomic mass is 35.5. The van der Waals surface area contributed by atoms with Gasteiger partial charge in [0, 0.05) is 17.8 Å². The molecule has 1 aromatic rings. The van der Waals surface area contributed by atoms with Gasteiger partial charge in [0.2, 0.25) is 0 Å². The van der Waals surface area contributed by atoms with Crippen LogP contribution in [0.25, 0.3) is 0 Å². The van der Waals surface area contributed by atoms with Crippen molar-refractivity contribution in [2.45, 2.75) is 32.4 Å². The Morgan fingerprint density at radius 3 is 2.62 bits per heavy atom. The average molecular weight is 298 g/mol.